The fourth-order valence-corrected chi connectivity index (χ4v) is 4.28. The summed E-state index contributed by atoms with van der Waals surface area (Å²) in [5.74, 6) is 0.724. The molecule has 0 aliphatic heterocycles. The minimum atomic E-state index is -0.154. The van der Waals surface area contributed by atoms with Crippen molar-refractivity contribution in [3.8, 4) is 5.69 Å². The molecule has 0 aliphatic rings. The van der Waals surface area contributed by atoms with Crippen LogP contribution in [0.3, 0.4) is 0 Å². The third kappa shape index (κ3) is 5.87. The van der Waals surface area contributed by atoms with Crippen LogP contribution in [0.4, 0.5) is 11.4 Å². The molecule has 2 N–H and O–H groups in total. The van der Waals surface area contributed by atoms with Gasteiger partial charge >= 0.3 is 0 Å². The van der Waals surface area contributed by atoms with Gasteiger partial charge in [-0.15, -0.1) is 10.2 Å². The molecule has 0 fully saturated rings. The first-order chi connectivity index (χ1) is 16.0. The van der Waals surface area contributed by atoms with Crippen LogP contribution in [-0.2, 0) is 11.3 Å². The third-order valence-electron chi connectivity index (χ3n) is 4.81. The standard InChI is InChI=1S/C24H21Cl2N5OS/c1-16-11-12-17(13-20(16)26)28-23(32)15-33-24-30-29-22(31(24)18-7-3-2-4-8-18)14-27-21-10-6-5-9-19(21)25/h2-13,27H,14-15H2,1H3,(H,28,32). The van der Waals surface area contributed by atoms with E-state index in [1.807, 2.05) is 78.2 Å². The van der Waals surface area contributed by atoms with Crippen molar-refractivity contribution in [1.29, 1.82) is 0 Å². The maximum absolute atomic E-state index is 12.5. The molecule has 4 aromatic rings. The number of aryl methyl sites for hydroxylation is 1. The van der Waals surface area contributed by atoms with Gasteiger partial charge in [0, 0.05) is 16.4 Å². The highest BCUT2D eigenvalue weighted by Crippen LogP contribution is 2.25. The minimum absolute atomic E-state index is 0.154. The molecule has 1 aromatic heterocycles. The lowest BCUT2D eigenvalue weighted by molar-refractivity contribution is -0.113. The molecule has 0 radical (unpaired) electrons. The van der Waals surface area contributed by atoms with Crippen molar-refractivity contribution in [2.24, 2.45) is 0 Å². The van der Waals surface area contributed by atoms with E-state index in [9.17, 15) is 4.79 Å². The second-order valence-electron chi connectivity index (χ2n) is 7.20. The number of rotatable bonds is 8. The topological polar surface area (TPSA) is 71.8 Å². The molecule has 0 bridgehead atoms. The molecular weight excluding hydrogens is 477 g/mol. The normalized spacial score (nSPS) is 10.8. The average Bonchev–Trinajstić information content (AvgIpc) is 3.23. The molecule has 1 amide bonds. The van der Waals surface area contributed by atoms with Crippen molar-refractivity contribution < 1.29 is 4.79 Å². The number of anilines is 2. The number of hydrogen-bond acceptors (Lipinski definition) is 5. The zero-order valence-corrected chi connectivity index (χ0v) is 20.1. The van der Waals surface area contributed by atoms with Gasteiger partial charge in [0.05, 0.1) is 23.0 Å². The van der Waals surface area contributed by atoms with Crippen LogP contribution < -0.4 is 10.6 Å². The Bertz CT molecular complexity index is 1260. The number of carbonyl (C=O) groups excluding carboxylic acids is 1. The van der Waals surface area contributed by atoms with E-state index < -0.39 is 0 Å². The van der Waals surface area contributed by atoms with E-state index in [1.54, 1.807) is 6.07 Å². The lowest BCUT2D eigenvalue weighted by Gasteiger charge is -2.12. The van der Waals surface area contributed by atoms with Gasteiger partial charge < -0.3 is 10.6 Å². The fraction of sp³-hybridized carbons (Fsp3) is 0.125. The lowest BCUT2D eigenvalue weighted by atomic mass is 10.2. The van der Waals surface area contributed by atoms with Crippen LogP contribution in [0.15, 0.2) is 78.0 Å². The summed E-state index contributed by atoms with van der Waals surface area (Å²) in [7, 11) is 0. The number of benzene rings is 3. The number of nitrogens with one attached hydrogen (secondary N) is 2. The van der Waals surface area contributed by atoms with Gasteiger partial charge in [-0.1, -0.05) is 71.4 Å². The summed E-state index contributed by atoms with van der Waals surface area (Å²) in [4.78, 5) is 12.5. The second-order valence-corrected chi connectivity index (χ2v) is 8.96. The summed E-state index contributed by atoms with van der Waals surface area (Å²) in [5, 5.41) is 16.7. The van der Waals surface area contributed by atoms with Crippen molar-refractivity contribution in [2.45, 2.75) is 18.6 Å². The van der Waals surface area contributed by atoms with E-state index in [1.165, 1.54) is 11.8 Å². The average molecular weight is 498 g/mol. The largest absolute Gasteiger partial charge is 0.377 e. The third-order valence-corrected chi connectivity index (χ3v) is 6.48. The lowest BCUT2D eigenvalue weighted by Crippen LogP contribution is -2.15. The van der Waals surface area contributed by atoms with Gasteiger partial charge in [0.15, 0.2) is 11.0 Å². The van der Waals surface area contributed by atoms with Gasteiger partial charge in [0.1, 0.15) is 0 Å². The van der Waals surface area contributed by atoms with Crippen molar-refractivity contribution in [3.63, 3.8) is 0 Å². The maximum atomic E-state index is 12.5. The summed E-state index contributed by atoms with van der Waals surface area (Å²) in [6.45, 7) is 2.33. The van der Waals surface area contributed by atoms with Gasteiger partial charge in [-0.2, -0.15) is 0 Å². The highest BCUT2D eigenvalue weighted by atomic mass is 35.5. The molecule has 4 rings (SSSR count). The van der Waals surface area contributed by atoms with Gasteiger partial charge in [0.25, 0.3) is 0 Å². The van der Waals surface area contributed by atoms with Crippen LogP contribution >= 0.6 is 35.0 Å². The van der Waals surface area contributed by atoms with Gasteiger partial charge in [-0.3, -0.25) is 9.36 Å². The summed E-state index contributed by atoms with van der Waals surface area (Å²) < 4.78 is 1.94. The Balaban J connectivity index is 1.49. The van der Waals surface area contributed by atoms with Gasteiger partial charge in [-0.25, -0.2) is 0 Å². The van der Waals surface area contributed by atoms with E-state index in [-0.39, 0.29) is 11.7 Å². The van der Waals surface area contributed by atoms with Crippen LogP contribution in [-0.4, -0.2) is 26.4 Å². The van der Waals surface area contributed by atoms with Gasteiger partial charge in [0.2, 0.25) is 5.91 Å². The predicted octanol–water partition coefficient (Wildman–Crippen LogP) is 6.23. The van der Waals surface area contributed by atoms with E-state index >= 15 is 0 Å². The smallest absolute Gasteiger partial charge is 0.234 e. The Morgan fingerprint density at radius 3 is 2.48 bits per heavy atom. The van der Waals surface area contributed by atoms with Crippen LogP contribution in [0.25, 0.3) is 5.69 Å². The maximum Gasteiger partial charge on any atom is 0.234 e. The van der Waals surface area contributed by atoms with Crippen molar-refractivity contribution >= 4 is 52.2 Å². The van der Waals surface area contributed by atoms with Crippen molar-refractivity contribution in [3.05, 3.63) is 94.2 Å². The quantitative estimate of drug-likeness (QED) is 0.282. The fourth-order valence-electron chi connectivity index (χ4n) is 3.12. The Hall–Kier alpha value is -3.00. The Labute approximate surface area is 206 Å². The number of thioether (sulfide) groups is 1. The summed E-state index contributed by atoms with van der Waals surface area (Å²) in [6.07, 6.45) is 0. The molecular formula is C24H21Cl2N5OS. The molecule has 1 heterocycles. The zero-order valence-electron chi connectivity index (χ0n) is 17.8. The highest BCUT2D eigenvalue weighted by Gasteiger charge is 2.16. The molecule has 9 heteroatoms. The molecule has 6 nitrogen and oxygen atoms in total. The number of para-hydroxylation sites is 2. The van der Waals surface area contributed by atoms with Crippen LogP contribution in [0, 0.1) is 6.92 Å². The van der Waals surface area contributed by atoms with Gasteiger partial charge in [-0.05, 0) is 48.9 Å². The SMILES string of the molecule is Cc1ccc(NC(=O)CSc2nnc(CNc3ccccc3Cl)n2-c2ccccc2)cc1Cl. The molecule has 0 aliphatic carbocycles. The van der Waals surface area contributed by atoms with Crippen LogP contribution in [0.2, 0.25) is 10.0 Å². The molecule has 33 heavy (non-hydrogen) atoms. The van der Waals surface area contributed by atoms with E-state index in [0.29, 0.717) is 33.3 Å². The van der Waals surface area contributed by atoms with Crippen molar-refractivity contribution in [1.82, 2.24) is 14.8 Å². The minimum Gasteiger partial charge on any atom is -0.377 e. The molecule has 3 aromatic carbocycles. The molecule has 0 saturated carbocycles. The van der Waals surface area contributed by atoms with Crippen LogP contribution in [0.1, 0.15) is 11.4 Å². The molecule has 0 spiro atoms. The monoisotopic (exact) mass is 497 g/mol. The van der Waals surface area contributed by atoms with E-state index in [4.69, 9.17) is 23.2 Å². The second kappa shape index (κ2) is 10.7. The summed E-state index contributed by atoms with van der Waals surface area (Å²) in [5.41, 5.74) is 3.34. The molecule has 0 atom stereocenters. The molecule has 0 unspecified atom stereocenters. The number of nitrogens with zero attached hydrogens (tertiary/aromatic N) is 3. The number of carbonyl (C=O) groups is 1. The first kappa shape index (κ1) is 23.2. The Morgan fingerprint density at radius 2 is 1.73 bits per heavy atom. The molecule has 168 valence electrons. The summed E-state index contributed by atoms with van der Waals surface area (Å²) in [6, 6.07) is 22.8. The Kier molecular flexibility index (Phi) is 7.54. The predicted molar refractivity (Wildman–Crippen MR) is 136 cm³/mol. The Morgan fingerprint density at radius 1 is 0.970 bits per heavy atom. The number of aromatic nitrogens is 3. The van der Waals surface area contributed by atoms with E-state index in [0.717, 1.165) is 16.9 Å². The van der Waals surface area contributed by atoms with Crippen molar-refractivity contribution in [2.75, 3.05) is 16.4 Å². The van der Waals surface area contributed by atoms with E-state index in [2.05, 4.69) is 20.8 Å². The summed E-state index contributed by atoms with van der Waals surface area (Å²) >= 11 is 13.7. The zero-order chi connectivity index (χ0) is 23.2. The first-order valence-electron chi connectivity index (χ1n) is 10.2. The van der Waals surface area contributed by atoms with Crippen LogP contribution in [0.5, 0.6) is 0 Å². The highest BCUT2D eigenvalue weighted by molar-refractivity contribution is 7.99. The number of hydrogen-bond donors (Lipinski definition) is 2. The first-order valence-corrected chi connectivity index (χ1v) is 11.9. The molecule has 0 saturated heterocycles. The number of amides is 1. The number of halogens is 2.